The normalized spacial score (nSPS) is 14.8. The standard InChI is InChI=1S/C17H17N3O3S/c1-22-14-3-2-12(8-13(14)9-18)15-10-19-17(24-15)20-16(21)11-4-6-23-7-5-11/h2-3,8,10-11H,4-7H2,1H3,(H,19,20,21). The summed E-state index contributed by atoms with van der Waals surface area (Å²) in [5.74, 6) is 0.516. The summed E-state index contributed by atoms with van der Waals surface area (Å²) >= 11 is 1.39. The van der Waals surface area contributed by atoms with Crippen LogP contribution in [0.2, 0.25) is 0 Å². The van der Waals surface area contributed by atoms with E-state index in [1.165, 1.54) is 18.4 Å². The van der Waals surface area contributed by atoms with E-state index in [-0.39, 0.29) is 11.8 Å². The van der Waals surface area contributed by atoms with E-state index >= 15 is 0 Å². The molecule has 1 fully saturated rings. The van der Waals surface area contributed by atoms with Gasteiger partial charge in [-0.25, -0.2) is 4.98 Å². The van der Waals surface area contributed by atoms with Gasteiger partial charge in [-0.15, -0.1) is 0 Å². The van der Waals surface area contributed by atoms with Crippen molar-refractivity contribution in [3.05, 3.63) is 30.0 Å². The highest BCUT2D eigenvalue weighted by atomic mass is 32.1. The van der Waals surface area contributed by atoms with Crippen molar-refractivity contribution in [1.29, 1.82) is 5.26 Å². The second-order valence-corrected chi connectivity index (χ2v) is 6.46. The van der Waals surface area contributed by atoms with E-state index in [1.807, 2.05) is 6.07 Å². The van der Waals surface area contributed by atoms with Gasteiger partial charge in [0.05, 0.1) is 17.6 Å². The number of hydrogen-bond donors (Lipinski definition) is 1. The Morgan fingerprint density at radius 3 is 2.96 bits per heavy atom. The third-order valence-electron chi connectivity index (χ3n) is 3.93. The second kappa shape index (κ2) is 7.43. The SMILES string of the molecule is COc1ccc(-c2cnc(NC(=O)C3CCOCC3)s2)cc1C#N. The van der Waals surface area contributed by atoms with Crippen LogP contribution in [0.3, 0.4) is 0 Å². The highest BCUT2D eigenvalue weighted by Gasteiger charge is 2.22. The molecule has 0 aliphatic carbocycles. The fraction of sp³-hybridized carbons (Fsp3) is 0.353. The Bertz CT molecular complexity index is 776. The monoisotopic (exact) mass is 343 g/mol. The van der Waals surface area contributed by atoms with Gasteiger partial charge >= 0.3 is 0 Å². The molecule has 1 aliphatic rings. The Morgan fingerprint density at radius 1 is 1.46 bits per heavy atom. The molecule has 2 heterocycles. The van der Waals surface area contributed by atoms with Gasteiger partial charge in [0, 0.05) is 25.3 Å². The molecule has 0 saturated carbocycles. The summed E-state index contributed by atoms with van der Waals surface area (Å²) in [5.41, 5.74) is 1.34. The van der Waals surface area contributed by atoms with Crippen LogP contribution in [0.5, 0.6) is 5.75 Å². The van der Waals surface area contributed by atoms with Crippen LogP contribution in [0.25, 0.3) is 10.4 Å². The number of methoxy groups -OCH3 is 1. The fourth-order valence-electron chi connectivity index (χ4n) is 2.58. The minimum atomic E-state index is -0.0164. The number of benzene rings is 1. The molecule has 0 atom stereocenters. The van der Waals surface area contributed by atoms with Crippen molar-refractivity contribution >= 4 is 22.4 Å². The number of aromatic nitrogens is 1. The van der Waals surface area contributed by atoms with Crippen LogP contribution in [0, 0.1) is 17.2 Å². The van der Waals surface area contributed by atoms with Crippen molar-refractivity contribution in [3.63, 3.8) is 0 Å². The van der Waals surface area contributed by atoms with Gasteiger partial charge in [-0.1, -0.05) is 11.3 Å². The summed E-state index contributed by atoms with van der Waals surface area (Å²) in [5, 5.41) is 12.6. The number of nitriles is 1. The zero-order valence-electron chi connectivity index (χ0n) is 13.2. The average Bonchev–Trinajstić information content (AvgIpc) is 3.10. The van der Waals surface area contributed by atoms with E-state index in [0.717, 1.165) is 23.3 Å². The van der Waals surface area contributed by atoms with Crippen LogP contribution in [-0.2, 0) is 9.53 Å². The zero-order chi connectivity index (χ0) is 16.9. The Balaban J connectivity index is 1.73. The zero-order valence-corrected chi connectivity index (χ0v) is 14.1. The Morgan fingerprint density at radius 2 is 2.25 bits per heavy atom. The predicted molar refractivity (Wildman–Crippen MR) is 91.0 cm³/mol. The molecule has 0 spiro atoms. The maximum atomic E-state index is 12.2. The first kappa shape index (κ1) is 16.4. The van der Waals surface area contributed by atoms with E-state index in [2.05, 4.69) is 16.4 Å². The van der Waals surface area contributed by atoms with Gasteiger partial charge in [0.25, 0.3) is 0 Å². The predicted octanol–water partition coefficient (Wildman–Crippen LogP) is 3.06. The molecule has 1 N–H and O–H groups in total. The summed E-state index contributed by atoms with van der Waals surface area (Å²) < 4.78 is 10.4. The summed E-state index contributed by atoms with van der Waals surface area (Å²) in [6.07, 6.45) is 3.19. The molecule has 124 valence electrons. The molecule has 6 nitrogen and oxygen atoms in total. The van der Waals surface area contributed by atoms with Gasteiger partial charge in [0.1, 0.15) is 11.8 Å². The first-order valence-electron chi connectivity index (χ1n) is 7.64. The van der Waals surface area contributed by atoms with E-state index < -0.39 is 0 Å². The molecular formula is C17H17N3O3S. The van der Waals surface area contributed by atoms with Crippen LogP contribution in [-0.4, -0.2) is 31.2 Å². The molecule has 1 amide bonds. The van der Waals surface area contributed by atoms with Gasteiger partial charge in [-0.2, -0.15) is 5.26 Å². The van der Waals surface area contributed by atoms with Crippen LogP contribution < -0.4 is 10.1 Å². The first-order chi connectivity index (χ1) is 11.7. The minimum absolute atomic E-state index is 0.00774. The topological polar surface area (TPSA) is 84.2 Å². The summed E-state index contributed by atoms with van der Waals surface area (Å²) in [4.78, 5) is 17.4. The molecule has 2 aromatic rings. The number of rotatable bonds is 4. The lowest BCUT2D eigenvalue weighted by Gasteiger charge is -2.20. The molecule has 1 saturated heterocycles. The molecule has 3 rings (SSSR count). The van der Waals surface area contributed by atoms with Gasteiger partial charge < -0.3 is 14.8 Å². The third kappa shape index (κ3) is 3.55. The van der Waals surface area contributed by atoms with E-state index in [4.69, 9.17) is 9.47 Å². The summed E-state index contributed by atoms with van der Waals surface area (Å²) in [6.45, 7) is 1.26. The quantitative estimate of drug-likeness (QED) is 0.922. The van der Waals surface area contributed by atoms with E-state index in [0.29, 0.717) is 29.7 Å². The molecule has 0 unspecified atom stereocenters. The second-order valence-electron chi connectivity index (χ2n) is 5.43. The highest BCUT2D eigenvalue weighted by Crippen LogP contribution is 2.32. The number of nitrogens with zero attached hydrogens (tertiary/aromatic N) is 2. The average molecular weight is 343 g/mol. The van der Waals surface area contributed by atoms with Crippen molar-refractivity contribution < 1.29 is 14.3 Å². The number of thiazole rings is 1. The maximum Gasteiger partial charge on any atom is 0.229 e. The van der Waals surface area contributed by atoms with Gasteiger partial charge in [0.2, 0.25) is 5.91 Å². The van der Waals surface area contributed by atoms with Gasteiger partial charge in [-0.05, 0) is 36.6 Å². The fourth-order valence-corrected chi connectivity index (χ4v) is 3.40. The molecule has 1 aromatic carbocycles. The lowest BCUT2D eigenvalue weighted by atomic mass is 10.00. The van der Waals surface area contributed by atoms with Crippen molar-refractivity contribution in [3.8, 4) is 22.3 Å². The van der Waals surface area contributed by atoms with E-state index in [9.17, 15) is 10.1 Å². The Hall–Kier alpha value is -2.43. The number of amides is 1. The van der Waals surface area contributed by atoms with Crippen molar-refractivity contribution in [1.82, 2.24) is 4.98 Å². The summed E-state index contributed by atoms with van der Waals surface area (Å²) in [7, 11) is 1.53. The van der Waals surface area contributed by atoms with Crippen molar-refractivity contribution in [2.45, 2.75) is 12.8 Å². The van der Waals surface area contributed by atoms with Crippen molar-refractivity contribution in [2.24, 2.45) is 5.92 Å². The largest absolute Gasteiger partial charge is 0.495 e. The van der Waals surface area contributed by atoms with Crippen LogP contribution in [0.4, 0.5) is 5.13 Å². The molecule has 0 radical (unpaired) electrons. The van der Waals surface area contributed by atoms with Crippen LogP contribution in [0.1, 0.15) is 18.4 Å². The number of nitrogens with one attached hydrogen (secondary N) is 1. The number of carbonyl (C=O) groups is 1. The van der Waals surface area contributed by atoms with E-state index in [1.54, 1.807) is 18.3 Å². The Kier molecular flexibility index (Phi) is 5.08. The van der Waals surface area contributed by atoms with Gasteiger partial charge in [-0.3, -0.25) is 4.79 Å². The smallest absolute Gasteiger partial charge is 0.229 e. The maximum absolute atomic E-state index is 12.2. The van der Waals surface area contributed by atoms with Crippen molar-refractivity contribution in [2.75, 3.05) is 25.6 Å². The van der Waals surface area contributed by atoms with Crippen LogP contribution in [0.15, 0.2) is 24.4 Å². The highest BCUT2D eigenvalue weighted by molar-refractivity contribution is 7.19. The summed E-state index contributed by atoms with van der Waals surface area (Å²) in [6, 6.07) is 7.51. The third-order valence-corrected chi connectivity index (χ3v) is 4.89. The molecule has 1 aliphatic heterocycles. The van der Waals surface area contributed by atoms with Crippen LogP contribution >= 0.6 is 11.3 Å². The number of carbonyl (C=O) groups excluding carboxylic acids is 1. The number of anilines is 1. The lowest BCUT2D eigenvalue weighted by molar-refractivity contribution is -0.122. The first-order valence-corrected chi connectivity index (χ1v) is 8.46. The molecular weight excluding hydrogens is 326 g/mol. The molecule has 7 heteroatoms. The molecule has 0 bridgehead atoms. The molecule has 24 heavy (non-hydrogen) atoms. The number of ether oxygens (including phenoxy) is 2. The Labute approximate surface area is 144 Å². The lowest BCUT2D eigenvalue weighted by Crippen LogP contribution is -2.28. The van der Waals surface area contributed by atoms with Gasteiger partial charge in [0.15, 0.2) is 5.13 Å². The minimum Gasteiger partial charge on any atom is -0.495 e. The molecule has 1 aromatic heterocycles. The number of hydrogen-bond acceptors (Lipinski definition) is 6.